The van der Waals surface area contributed by atoms with Gasteiger partial charge in [0.05, 0.1) is 0 Å². The quantitative estimate of drug-likeness (QED) is 0.231. The molecule has 3 aliphatic carbocycles. The molecule has 3 atom stereocenters. The maximum Gasteiger partial charge on any atom is 0.0352 e. The van der Waals surface area contributed by atoms with E-state index < -0.39 is 0 Å². The number of hydrogen-bond donors (Lipinski definition) is 0. The van der Waals surface area contributed by atoms with Crippen molar-refractivity contribution >= 4 is 43.8 Å². The second-order valence-electron chi connectivity index (χ2n) is 10.4. The van der Waals surface area contributed by atoms with Crippen LogP contribution >= 0.6 is 11.3 Å². The molecule has 37 heavy (non-hydrogen) atoms. The lowest BCUT2D eigenvalue weighted by Crippen LogP contribution is -2.24. The fourth-order valence-electron chi connectivity index (χ4n) is 6.85. The van der Waals surface area contributed by atoms with Gasteiger partial charge in [0.15, 0.2) is 0 Å². The number of rotatable bonds is 2. The molecule has 3 aliphatic rings. The van der Waals surface area contributed by atoms with Crippen molar-refractivity contribution in [3.8, 4) is 0 Å². The van der Waals surface area contributed by atoms with Gasteiger partial charge in [-0.1, -0.05) is 121 Å². The van der Waals surface area contributed by atoms with Crippen molar-refractivity contribution < 1.29 is 0 Å². The van der Waals surface area contributed by atoms with Crippen molar-refractivity contribution in [1.29, 1.82) is 0 Å². The van der Waals surface area contributed by atoms with Gasteiger partial charge in [0.2, 0.25) is 0 Å². The van der Waals surface area contributed by atoms with Crippen LogP contribution in [-0.2, 0) is 0 Å². The Kier molecular flexibility index (Phi) is 4.75. The molecule has 1 heterocycles. The Bertz CT molecular complexity index is 1820. The van der Waals surface area contributed by atoms with Crippen molar-refractivity contribution in [3.63, 3.8) is 0 Å². The Morgan fingerprint density at radius 1 is 0.730 bits per heavy atom. The van der Waals surface area contributed by atoms with Crippen LogP contribution in [0, 0.1) is 5.92 Å². The molecule has 0 saturated heterocycles. The average molecular weight is 491 g/mol. The topological polar surface area (TPSA) is 0 Å². The maximum atomic E-state index is 2.44. The van der Waals surface area contributed by atoms with E-state index in [0.717, 1.165) is 6.42 Å². The molecular formula is C36H26S. The van der Waals surface area contributed by atoms with Gasteiger partial charge in [0.25, 0.3) is 0 Å². The Labute approximate surface area is 221 Å². The number of thiophene rings is 1. The molecule has 4 aromatic carbocycles. The summed E-state index contributed by atoms with van der Waals surface area (Å²) < 4.78 is 1.39. The molecule has 0 aliphatic heterocycles. The van der Waals surface area contributed by atoms with E-state index in [1.165, 1.54) is 59.1 Å². The van der Waals surface area contributed by atoms with Gasteiger partial charge in [-0.3, -0.25) is 0 Å². The largest absolute Gasteiger partial charge is 0.139 e. The molecule has 0 fully saturated rings. The summed E-state index contributed by atoms with van der Waals surface area (Å²) in [6.45, 7) is 0. The fraction of sp³-hybridized carbons (Fsp3) is 0.111. The van der Waals surface area contributed by atoms with Crippen LogP contribution in [0.2, 0.25) is 0 Å². The Morgan fingerprint density at radius 2 is 1.57 bits per heavy atom. The zero-order chi connectivity index (χ0) is 24.3. The first-order valence-corrected chi connectivity index (χ1v) is 14.0. The minimum Gasteiger partial charge on any atom is -0.139 e. The van der Waals surface area contributed by atoms with Gasteiger partial charge in [0, 0.05) is 27.3 Å². The lowest BCUT2D eigenvalue weighted by atomic mass is 9.64. The Morgan fingerprint density at radius 3 is 2.54 bits per heavy atom. The van der Waals surface area contributed by atoms with E-state index in [9.17, 15) is 0 Å². The van der Waals surface area contributed by atoms with Crippen molar-refractivity contribution in [1.82, 2.24) is 0 Å². The van der Waals surface area contributed by atoms with E-state index in [0.29, 0.717) is 17.8 Å². The van der Waals surface area contributed by atoms with Gasteiger partial charge in [-0.05, 0) is 62.0 Å². The summed E-state index contributed by atoms with van der Waals surface area (Å²) in [7, 11) is 0. The highest BCUT2D eigenvalue weighted by Gasteiger charge is 2.38. The second kappa shape index (κ2) is 8.30. The van der Waals surface area contributed by atoms with Gasteiger partial charge < -0.3 is 0 Å². The van der Waals surface area contributed by atoms with Crippen LogP contribution in [0.25, 0.3) is 32.5 Å². The zero-order valence-corrected chi connectivity index (χ0v) is 21.3. The number of allylic oxidation sites excluding steroid dienone is 7. The molecule has 0 nitrogen and oxygen atoms in total. The smallest absolute Gasteiger partial charge is 0.0352 e. The minimum atomic E-state index is 0.307. The maximum absolute atomic E-state index is 2.44. The average Bonchev–Trinajstić information content (AvgIpc) is 3.35. The molecule has 0 saturated carbocycles. The molecule has 0 amide bonds. The molecule has 0 bridgehead atoms. The third kappa shape index (κ3) is 3.21. The standard InChI is InChI=1S/C36H26S/c1-2-11-24-22-25(21-20-23(24)10-1)34-27-13-3-5-15-29(27)35(30-16-6-4-14-28(30)34)32-18-9-17-31-26-12-7-8-19-33(26)37-36(31)32/h1-17,19-22,27,32,34H,18H2. The van der Waals surface area contributed by atoms with Gasteiger partial charge in [-0.2, -0.15) is 0 Å². The number of hydrogen-bond acceptors (Lipinski definition) is 1. The lowest BCUT2D eigenvalue weighted by molar-refractivity contribution is 0.640. The highest BCUT2D eigenvalue weighted by Crippen LogP contribution is 2.55. The van der Waals surface area contributed by atoms with E-state index in [1.54, 1.807) is 0 Å². The Hall–Kier alpha value is -3.94. The van der Waals surface area contributed by atoms with E-state index in [1.807, 2.05) is 11.3 Å². The molecule has 176 valence electrons. The van der Waals surface area contributed by atoms with Crippen LogP contribution < -0.4 is 0 Å². The van der Waals surface area contributed by atoms with Crippen LogP contribution in [0.1, 0.15) is 45.4 Å². The molecule has 3 unspecified atom stereocenters. The fourth-order valence-corrected chi connectivity index (χ4v) is 8.17. The third-order valence-electron chi connectivity index (χ3n) is 8.44. The van der Waals surface area contributed by atoms with Crippen molar-refractivity contribution in [2.24, 2.45) is 5.92 Å². The van der Waals surface area contributed by atoms with Gasteiger partial charge >= 0.3 is 0 Å². The molecule has 5 aromatic rings. The van der Waals surface area contributed by atoms with Crippen molar-refractivity contribution in [3.05, 3.63) is 154 Å². The van der Waals surface area contributed by atoms with Crippen molar-refractivity contribution in [2.45, 2.75) is 18.3 Å². The third-order valence-corrected chi connectivity index (χ3v) is 9.74. The number of fused-ring (bicyclic) bond motifs is 6. The summed E-state index contributed by atoms with van der Waals surface area (Å²) in [5.41, 5.74) is 8.72. The van der Waals surface area contributed by atoms with Gasteiger partial charge in [-0.15, -0.1) is 11.3 Å². The Balaban J connectivity index is 1.36. The predicted molar refractivity (Wildman–Crippen MR) is 159 cm³/mol. The van der Waals surface area contributed by atoms with E-state index in [4.69, 9.17) is 0 Å². The normalized spacial score (nSPS) is 21.8. The molecule has 0 N–H and O–H groups in total. The first kappa shape index (κ1) is 21.2. The van der Waals surface area contributed by atoms with Crippen LogP contribution in [-0.4, -0.2) is 0 Å². The summed E-state index contributed by atoms with van der Waals surface area (Å²) >= 11 is 1.99. The summed E-state index contributed by atoms with van der Waals surface area (Å²) in [5.74, 6) is 1.02. The first-order valence-electron chi connectivity index (χ1n) is 13.2. The summed E-state index contributed by atoms with van der Waals surface area (Å²) in [4.78, 5) is 1.52. The van der Waals surface area contributed by atoms with Gasteiger partial charge in [-0.25, -0.2) is 0 Å². The van der Waals surface area contributed by atoms with Gasteiger partial charge in [0.1, 0.15) is 0 Å². The van der Waals surface area contributed by atoms with E-state index >= 15 is 0 Å². The van der Waals surface area contributed by atoms with E-state index in [-0.39, 0.29) is 0 Å². The molecule has 0 spiro atoms. The minimum absolute atomic E-state index is 0.307. The van der Waals surface area contributed by atoms with Crippen LogP contribution in [0.4, 0.5) is 0 Å². The van der Waals surface area contributed by atoms with Crippen molar-refractivity contribution in [2.75, 3.05) is 0 Å². The van der Waals surface area contributed by atoms with Crippen LogP contribution in [0.3, 0.4) is 0 Å². The highest BCUT2D eigenvalue weighted by atomic mass is 32.1. The molecule has 8 rings (SSSR count). The second-order valence-corrected chi connectivity index (χ2v) is 11.5. The molecule has 1 aromatic heterocycles. The molecule has 1 heteroatoms. The molecular weight excluding hydrogens is 464 g/mol. The van der Waals surface area contributed by atoms with E-state index in [2.05, 4.69) is 127 Å². The molecule has 0 radical (unpaired) electrons. The predicted octanol–water partition coefficient (Wildman–Crippen LogP) is 9.90. The summed E-state index contributed by atoms with van der Waals surface area (Å²) in [6, 6.07) is 33.9. The highest BCUT2D eigenvalue weighted by molar-refractivity contribution is 7.19. The van der Waals surface area contributed by atoms with Crippen LogP contribution in [0.5, 0.6) is 0 Å². The first-order chi connectivity index (χ1) is 18.4. The SMILES string of the molecule is C1=CC2=C(C3CC=Cc4c3sc3ccccc43)c3ccccc3C(c3ccc4ccccc4c3)C2C=C1. The monoisotopic (exact) mass is 490 g/mol. The zero-order valence-electron chi connectivity index (χ0n) is 20.5. The van der Waals surface area contributed by atoms with Crippen LogP contribution in [0.15, 0.2) is 127 Å². The summed E-state index contributed by atoms with van der Waals surface area (Å²) in [5, 5.41) is 4.01. The lowest BCUT2D eigenvalue weighted by Gasteiger charge is -2.39. The summed E-state index contributed by atoms with van der Waals surface area (Å²) in [6.07, 6.45) is 15.1. The number of benzene rings is 4.